The van der Waals surface area contributed by atoms with Crippen molar-refractivity contribution in [3.05, 3.63) is 105 Å². The van der Waals surface area contributed by atoms with E-state index < -0.39 is 0 Å². The molecule has 5 rings (SSSR count). The smallest absolute Gasteiger partial charge is 0.263 e. The number of aryl methyl sites for hydroxylation is 1. The highest BCUT2D eigenvalue weighted by Crippen LogP contribution is 2.36. The maximum Gasteiger partial charge on any atom is 0.263 e. The van der Waals surface area contributed by atoms with Gasteiger partial charge in [-0.2, -0.15) is 0 Å². The van der Waals surface area contributed by atoms with Crippen molar-refractivity contribution in [3.8, 4) is 10.4 Å². The van der Waals surface area contributed by atoms with Crippen molar-refractivity contribution in [1.82, 2.24) is 18.9 Å². The zero-order chi connectivity index (χ0) is 22.9. The van der Waals surface area contributed by atoms with Crippen molar-refractivity contribution in [3.63, 3.8) is 0 Å². The van der Waals surface area contributed by atoms with Crippen LogP contribution >= 0.6 is 23.1 Å². The largest absolute Gasteiger partial charge is 0.283 e. The number of hydrogen-bond donors (Lipinski definition) is 0. The van der Waals surface area contributed by atoms with E-state index in [1.807, 2.05) is 43.3 Å². The summed E-state index contributed by atoms with van der Waals surface area (Å²) in [7, 11) is 0. The van der Waals surface area contributed by atoms with E-state index in [9.17, 15) is 9.59 Å². The number of thiophene rings is 1. The number of thioether (sulfide) groups is 1. The fraction of sp³-hybridized carbons (Fsp3) is 0.120. The van der Waals surface area contributed by atoms with E-state index >= 15 is 0 Å². The number of hydrogen-bond acceptors (Lipinski definition) is 6. The molecule has 164 valence electrons. The minimum absolute atomic E-state index is 0.0788. The van der Waals surface area contributed by atoms with E-state index in [1.165, 1.54) is 33.6 Å². The highest BCUT2D eigenvalue weighted by molar-refractivity contribution is 7.98. The molecule has 0 aliphatic carbocycles. The van der Waals surface area contributed by atoms with Crippen LogP contribution in [-0.4, -0.2) is 18.9 Å². The third-order valence-electron chi connectivity index (χ3n) is 5.34. The minimum atomic E-state index is -0.135. The molecule has 6 nitrogen and oxygen atoms in total. The van der Waals surface area contributed by atoms with Gasteiger partial charge in [0.2, 0.25) is 0 Å². The Morgan fingerprint density at radius 3 is 2.67 bits per heavy atom. The molecule has 0 aliphatic heterocycles. The molecule has 0 unspecified atom stereocenters. The first kappa shape index (κ1) is 21.4. The van der Waals surface area contributed by atoms with E-state index in [4.69, 9.17) is 4.98 Å². The van der Waals surface area contributed by atoms with Gasteiger partial charge in [0.25, 0.3) is 11.1 Å². The second-order valence-electron chi connectivity index (χ2n) is 7.50. The first-order valence-electron chi connectivity index (χ1n) is 10.4. The first-order valence-corrected chi connectivity index (χ1v) is 12.2. The van der Waals surface area contributed by atoms with Crippen molar-refractivity contribution in [2.75, 3.05) is 0 Å². The van der Waals surface area contributed by atoms with Crippen molar-refractivity contribution in [2.24, 2.45) is 0 Å². The summed E-state index contributed by atoms with van der Waals surface area (Å²) in [5.41, 5.74) is 3.03. The van der Waals surface area contributed by atoms with Crippen molar-refractivity contribution >= 4 is 39.0 Å². The van der Waals surface area contributed by atoms with Crippen LogP contribution in [0.1, 0.15) is 11.3 Å². The van der Waals surface area contributed by atoms with Gasteiger partial charge in [0, 0.05) is 29.4 Å². The summed E-state index contributed by atoms with van der Waals surface area (Å²) >= 11 is 2.92. The Labute approximate surface area is 197 Å². The number of pyridine rings is 1. The fourth-order valence-electron chi connectivity index (χ4n) is 3.78. The zero-order valence-corrected chi connectivity index (χ0v) is 19.5. The van der Waals surface area contributed by atoms with Gasteiger partial charge in [-0.3, -0.25) is 18.6 Å². The van der Waals surface area contributed by atoms with E-state index in [-0.39, 0.29) is 11.1 Å². The normalized spacial score (nSPS) is 11.3. The lowest BCUT2D eigenvalue weighted by Gasteiger charge is -2.10. The van der Waals surface area contributed by atoms with Gasteiger partial charge in [0.05, 0.1) is 11.1 Å². The first-order chi connectivity index (χ1) is 16.1. The van der Waals surface area contributed by atoms with Gasteiger partial charge in [-0.05, 0) is 30.2 Å². The molecule has 0 bridgehead atoms. The van der Waals surface area contributed by atoms with Crippen LogP contribution in [0.15, 0.2) is 88.2 Å². The second-order valence-corrected chi connectivity index (χ2v) is 9.45. The summed E-state index contributed by atoms with van der Waals surface area (Å²) in [6, 6.07) is 17.0. The van der Waals surface area contributed by atoms with Gasteiger partial charge in [-0.1, -0.05) is 54.2 Å². The lowest BCUT2D eigenvalue weighted by Crippen LogP contribution is -2.22. The molecule has 5 aromatic rings. The molecule has 0 amide bonds. The van der Waals surface area contributed by atoms with E-state index in [2.05, 4.69) is 11.6 Å². The van der Waals surface area contributed by atoms with Crippen LogP contribution < -0.4 is 11.1 Å². The number of nitrogens with zero attached hydrogens (tertiary/aromatic N) is 4. The van der Waals surface area contributed by atoms with Gasteiger partial charge in [-0.25, -0.2) is 9.97 Å². The molecule has 8 heteroatoms. The summed E-state index contributed by atoms with van der Waals surface area (Å²) in [5.74, 6) is 0.422. The lowest BCUT2D eigenvalue weighted by atomic mass is 10.1. The van der Waals surface area contributed by atoms with Gasteiger partial charge in [0.1, 0.15) is 10.5 Å². The molecular formula is C25H20N4O2S2. The van der Waals surface area contributed by atoms with E-state index in [1.54, 1.807) is 29.0 Å². The highest BCUT2D eigenvalue weighted by atomic mass is 32.2. The summed E-state index contributed by atoms with van der Waals surface area (Å²) in [6.45, 7) is 6.14. The number of aromatic nitrogens is 4. The minimum Gasteiger partial charge on any atom is -0.283 e. The average molecular weight is 473 g/mol. The van der Waals surface area contributed by atoms with Crippen LogP contribution in [0.25, 0.3) is 26.3 Å². The Hall–Kier alpha value is -3.49. The van der Waals surface area contributed by atoms with Gasteiger partial charge in [-0.15, -0.1) is 17.9 Å². The summed E-state index contributed by atoms with van der Waals surface area (Å²) < 4.78 is 3.15. The Morgan fingerprint density at radius 1 is 1.09 bits per heavy atom. The Bertz CT molecular complexity index is 1620. The van der Waals surface area contributed by atoms with Crippen LogP contribution in [0.2, 0.25) is 0 Å². The Kier molecular flexibility index (Phi) is 5.70. The summed E-state index contributed by atoms with van der Waals surface area (Å²) in [6.07, 6.45) is 3.39. The molecule has 0 saturated heterocycles. The molecule has 4 aromatic heterocycles. The number of benzene rings is 1. The summed E-state index contributed by atoms with van der Waals surface area (Å²) in [4.78, 5) is 37.0. The van der Waals surface area contributed by atoms with Crippen LogP contribution in [-0.2, 0) is 12.3 Å². The monoisotopic (exact) mass is 472 g/mol. The number of fused-ring (bicyclic) bond motifs is 2. The summed E-state index contributed by atoms with van der Waals surface area (Å²) in [5, 5.41) is 1.23. The molecule has 0 aliphatic rings. The number of rotatable bonds is 6. The van der Waals surface area contributed by atoms with Crippen molar-refractivity contribution < 1.29 is 0 Å². The molecule has 0 radical (unpaired) electrons. The fourth-order valence-corrected chi connectivity index (χ4v) is 5.91. The van der Waals surface area contributed by atoms with E-state index in [0.717, 1.165) is 16.0 Å². The molecule has 0 N–H and O–H groups in total. The maximum absolute atomic E-state index is 13.4. The molecule has 1 aromatic carbocycles. The van der Waals surface area contributed by atoms with Crippen LogP contribution in [0.5, 0.6) is 0 Å². The molecule has 0 fully saturated rings. The maximum atomic E-state index is 13.4. The highest BCUT2D eigenvalue weighted by Gasteiger charge is 2.19. The standard InChI is InChI=1S/C25H20N4O2S2/c1-3-12-29-24(31)21-16(2)22(17-9-5-4-6-10-17)33-23(21)27-25(29)32-15-18-14-20(30)28-13-8-7-11-19(28)26-18/h3-11,13-14H,1,12,15H2,2H3. The topological polar surface area (TPSA) is 69.3 Å². The predicted molar refractivity (Wildman–Crippen MR) is 135 cm³/mol. The van der Waals surface area contributed by atoms with Gasteiger partial charge in [0.15, 0.2) is 5.16 Å². The predicted octanol–water partition coefficient (Wildman–Crippen LogP) is 4.92. The molecule has 0 spiro atoms. The SMILES string of the molecule is C=CCn1c(SCc2cc(=O)n3ccccc3n2)nc2sc(-c3ccccc3)c(C)c2c1=O. The number of allylic oxidation sites excluding steroid dienone is 1. The molecule has 4 heterocycles. The Morgan fingerprint density at radius 2 is 1.88 bits per heavy atom. The molecule has 33 heavy (non-hydrogen) atoms. The zero-order valence-electron chi connectivity index (χ0n) is 17.9. The molecule has 0 atom stereocenters. The van der Waals surface area contributed by atoms with Crippen LogP contribution in [0.3, 0.4) is 0 Å². The van der Waals surface area contributed by atoms with Crippen molar-refractivity contribution in [1.29, 1.82) is 0 Å². The van der Waals surface area contributed by atoms with Crippen LogP contribution in [0.4, 0.5) is 0 Å². The average Bonchev–Trinajstić information content (AvgIpc) is 3.16. The lowest BCUT2D eigenvalue weighted by molar-refractivity contribution is 0.672. The van der Waals surface area contributed by atoms with Gasteiger partial charge >= 0.3 is 0 Å². The Balaban J connectivity index is 1.57. The van der Waals surface area contributed by atoms with Crippen LogP contribution in [0, 0.1) is 6.92 Å². The molecule has 0 saturated carbocycles. The van der Waals surface area contributed by atoms with E-state index in [0.29, 0.717) is 39.0 Å². The van der Waals surface area contributed by atoms with Gasteiger partial charge < -0.3 is 0 Å². The second kappa shape index (κ2) is 8.80. The molecular weight excluding hydrogens is 452 g/mol. The third-order valence-corrected chi connectivity index (χ3v) is 7.58. The third kappa shape index (κ3) is 3.92. The quantitative estimate of drug-likeness (QED) is 0.199. The van der Waals surface area contributed by atoms with Crippen molar-refractivity contribution in [2.45, 2.75) is 24.4 Å².